The molecule has 0 spiro atoms. The van der Waals surface area contributed by atoms with Crippen LogP contribution >= 0.6 is 12.4 Å². The minimum absolute atomic E-state index is 0. The first kappa shape index (κ1) is 20.2. The van der Waals surface area contributed by atoms with Gasteiger partial charge in [-0.3, -0.25) is 9.78 Å². The second-order valence-corrected chi connectivity index (χ2v) is 6.71. The van der Waals surface area contributed by atoms with Crippen molar-refractivity contribution in [3.05, 3.63) is 35.5 Å². The Morgan fingerprint density at radius 2 is 2.00 bits per heavy atom. The summed E-state index contributed by atoms with van der Waals surface area (Å²) in [6.07, 6.45) is 0. The van der Waals surface area contributed by atoms with Gasteiger partial charge in [0.2, 0.25) is 0 Å². The van der Waals surface area contributed by atoms with Gasteiger partial charge in [0.15, 0.2) is 0 Å². The van der Waals surface area contributed by atoms with Crippen molar-refractivity contribution in [3.63, 3.8) is 0 Å². The van der Waals surface area contributed by atoms with Crippen LogP contribution < -0.4 is 10.5 Å². The number of fused-ring (bicyclic) bond motifs is 1. The Bertz CT molecular complexity index is 732. The van der Waals surface area contributed by atoms with Crippen LogP contribution in [0, 0.1) is 12.3 Å². The van der Waals surface area contributed by atoms with E-state index in [2.05, 4.69) is 18.8 Å². The molecule has 0 radical (unpaired) electrons. The van der Waals surface area contributed by atoms with E-state index < -0.39 is 0 Å². The maximum Gasteiger partial charge on any atom is 0.255 e. The van der Waals surface area contributed by atoms with Crippen LogP contribution in [-0.2, 0) is 0 Å². The monoisotopic (exact) mass is 351 g/mol. The lowest BCUT2D eigenvalue weighted by atomic mass is 9.93. The lowest BCUT2D eigenvalue weighted by molar-refractivity contribution is 0.0739. The molecular formula is C18H26ClN3O2. The zero-order chi connectivity index (χ0) is 17.2. The first-order valence-electron chi connectivity index (χ1n) is 7.68. The number of halogens is 1. The molecule has 0 aliphatic carbocycles. The van der Waals surface area contributed by atoms with Crippen LogP contribution in [-0.4, -0.2) is 43.0 Å². The molecule has 0 fully saturated rings. The minimum atomic E-state index is -0.115. The number of nitrogens with zero attached hydrogens (tertiary/aromatic N) is 2. The third-order valence-corrected chi connectivity index (χ3v) is 4.01. The number of carbonyl (C=O) groups is 1. The van der Waals surface area contributed by atoms with E-state index in [1.807, 2.05) is 31.2 Å². The molecule has 1 amide bonds. The van der Waals surface area contributed by atoms with Crippen LogP contribution in [0.3, 0.4) is 0 Å². The largest absolute Gasteiger partial charge is 0.497 e. The zero-order valence-corrected chi connectivity index (χ0v) is 15.7. The first-order valence-corrected chi connectivity index (χ1v) is 7.68. The van der Waals surface area contributed by atoms with E-state index in [1.54, 1.807) is 19.1 Å². The van der Waals surface area contributed by atoms with Crippen LogP contribution in [0.2, 0.25) is 0 Å². The molecule has 1 heterocycles. The Hall–Kier alpha value is -1.85. The molecule has 0 atom stereocenters. The lowest BCUT2D eigenvalue weighted by Crippen LogP contribution is -2.40. The van der Waals surface area contributed by atoms with Crippen molar-refractivity contribution in [2.75, 3.05) is 27.2 Å². The number of nitrogens with two attached hydrogens (primary N) is 1. The van der Waals surface area contributed by atoms with Crippen molar-refractivity contribution in [1.29, 1.82) is 0 Å². The third-order valence-electron chi connectivity index (χ3n) is 4.01. The quantitative estimate of drug-likeness (QED) is 0.899. The van der Waals surface area contributed by atoms with Crippen molar-refractivity contribution < 1.29 is 9.53 Å². The molecule has 2 rings (SSSR count). The van der Waals surface area contributed by atoms with Gasteiger partial charge in [-0.2, -0.15) is 0 Å². The summed E-state index contributed by atoms with van der Waals surface area (Å²) >= 11 is 0. The average Bonchev–Trinajstić information content (AvgIpc) is 2.52. The van der Waals surface area contributed by atoms with Gasteiger partial charge in [-0.25, -0.2) is 0 Å². The average molecular weight is 352 g/mol. The van der Waals surface area contributed by atoms with Crippen molar-refractivity contribution in [3.8, 4) is 5.75 Å². The Kier molecular flexibility index (Phi) is 6.58. The third kappa shape index (κ3) is 4.36. The fourth-order valence-electron chi connectivity index (χ4n) is 2.57. The predicted octanol–water partition coefficient (Wildman–Crippen LogP) is 3.03. The number of methoxy groups -OCH3 is 1. The predicted molar refractivity (Wildman–Crippen MR) is 100 cm³/mol. The van der Waals surface area contributed by atoms with Gasteiger partial charge in [0.1, 0.15) is 5.75 Å². The molecule has 0 unspecified atom stereocenters. The van der Waals surface area contributed by atoms with E-state index in [9.17, 15) is 4.79 Å². The standard InChI is InChI=1S/C18H25N3O2.ClH/c1-12-15(17(22)21(4)11-18(2,3)10-19)8-13-6-7-14(23-5)9-16(13)20-12;/h6-9H,10-11,19H2,1-5H3;1H. The molecule has 132 valence electrons. The van der Waals surface area contributed by atoms with E-state index in [0.29, 0.717) is 24.3 Å². The summed E-state index contributed by atoms with van der Waals surface area (Å²) in [6, 6.07) is 7.55. The number of carbonyl (C=O) groups excluding carboxylic acids is 1. The summed E-state index contributed by atoms with van der Waals surface area (Å²) in [4.78, 5) is 19.0. The van der Waals surface area contributed by atoms with E-state index >= 15 is 0 Å². The highest BCUT2D eigenvalue weighted by Gasteiger charge is 2.23. The van der Waals surface area contributed by atoms with Crippen molar-refractivity contribution in [2.24, 2.45) is 11.1 Å². The number of hydrogen-bond acceptors (Lipinski definition) is 4. The zero-order valence-electron chi connectivity index (χ0n) is 14.9. The molecule has 0 saturated carbocycles. The second-order valence-electron chi connectivity index (χ2n) is 6.71. The molecule has 0 aliphatic rings. The Morgan fingerprint density at radius 1 is 1.33 bits per heavy atom. The summed E-state index contributed by atoms with van der Waals surface area (Å²) in [6.45, 7) is 7.08. The normalized spacial score (nSPS) is 11.1. The molecule has 2 N–H and O–H groups in total. The summed E-state index contributed by atoms with van der Waals surface area (Å²) in [7, 11) is 3.43. The molecule has 0 saturated heterocycles. The fraction of sp³-hybridized carbons (Fsp3) is 0.444. The van der Waals surface area contributed by atoms with E-state index in [-0.39, 0.29) is 23.7 Å². The van der Waals surface area contributed by atoms with Gasteiger partial charge >= 0.3 is 0 Å². The highest BCUT2D eigenvalue weighted by atomic mass is 35.5. The second kappa shape index (κ2) is 7.81. The molecular weight excluding hydrogens is 326 g/mol. The van der Waals surface area contributed by atoms with E-state index in [0.717, 1.165) is 16.7 Å². The number of pyridine rings is 1. The lowest BCUT2D eigenvalue weighted by Gasteiger charge is -2.29. The van der Waals surface area contributed by atoms with Crippen LogP contribution in [0.1, 0.15) is 29.9 Å². The van der Waals surface area contributed by atoms with Gasteiger partial charge in [-0.15, -0.1) is 12.4 Å². The van der Waals surface area contributed by atoms with Crippen molar-refractivity contribution in [1.82, 2.24) is 9.88 Å². The van der Waals surface area contributed by atoms with Crippen molar-refractivity contribution >= 4 is 29.2 Å². The van der Waals surface area contributed by atoms with Crippen LogP contribution in [0.15, 0.2) is 24.3 Å². The maximum atomic E-state index is 12.7. The SMILES string of the molecule is COc1ccc2cc(C(=O)N(C)CC(C)(C)CN)c(C)nc2c1.Cl. The number of aromatic nitrogens is 1. The topological polar surface area (TPSA) is 68.5 Å². The number of ether oxygens (including phenoxy) is 1. The number of aryl methyl sites for hydroxylation is 1. The molecule has 0 aliphatic heterocycles. The van der Waals surface area contributed by atoms with Gasteiger partial charge in [-0.05, 0) is 37.1 Å². The van der Waals surface area contributed by atoms with Crippen LogP contribution in [0.5, 0.6) is 5.75 Å². The molecule has 24 heavy (non-hydrogen) atoms. The highest BCUT2D eigenvalue weighted by Crippen LogP contribution is 2.23. The maximum absolute atomic E-state index is 12.7. The van der Waals surface area contributed by atoms with Gasteiger partial charge in [0, 0.05) is 25.0 Å². The van der Waals surface area contributed by atoms with Crippen LogP contribution in [0.25, 0.3) is 10.9 Å². The smallest absolute Gasteiger partial charge is 0.255 e. The molecule has 5 nitrogen and oxygen atoms in total. The molecule has 1 aromatic heterocycles. The Balaban J connectivity index is 0.00000288. The summed E-state index contributed by atoms with van der Waals surface area (Å²) in [5.74, 6) is 0.722. The minimum Gasteiger partial charge on any atom is -0.497 e. The van der Waals surface area contributed by atoms with Crippen LogP contribution in [0.4, 0.5) is 0 Å². The van der Waals surface area contributed by atoms with Gasteiger partial charge < -0.3 is 15.4 Å². The highest BCUT2D eigenvalue weighted by molar-refractivity contribution is 5.98. The van der Waals surface area contributed by atoms with Gasteiger partial charge in [-0.1, -0.05) is 13.8 Å². The summed E-state index contributed by atoms with van der Waals surface area (Å²) < 4.78 is 5.22. The number of benzene rings is 1. The first-order chi connectivity index (χ1) is 10.8. The molecule has 1 aromatic carbocycles. The van der Waals surface area contributed by atoms with Gasteiger partial charge in [0.05, 0.1) is 23.9 Å². The molecule has 2 aromatic rings. The van der Waals surface area contributed by atoms with E-state index in [4.69, 9.17) is 10.5 Å². The molecule has 0 bridgehead atoms. The number of amides is 1. The Morgan fingerprint density at radius 3 is 2.58 bits per heavy atom. The summed E-state index contributed by atoms with van der Waals surface area (Å²) in [5.41, 5.74) is 7.81. The molecule has 6 heteroatoms. The fourth-order valence-corrected chi connectivity index (χ4v) is 2.57. The number of rotatable bonds is 5. The van der Waals surface area contributed by atoms with Gasteiger partial charge in [0.25, 0.3) is 5.91 Å². The summed E-state index contributed by atoms with van der Waals surface area (Å²) in [5, 5.41) is 0.922. The Labute approximate surface area is 149 Å². The van der Waals surface area contributed by atoms with Crippen molar-refractivity contribution in [2.45, 2.75) is 20.8 Å². The van der Waals surface area contributed by atoms with E-state index in [1.165, 1.54) is 0 Å². The number of hydrogen-bond donors (Lipinski definition) is 1.